The number of rotatable bonds is 3. The lowest BCUT2D eigenvalue weighted by Gasteiger charge is -2.29. The first-order valence-electron chi connectivity index (χ1n) is 9.74. The van der Waals surface area contributed by atoms with Gasteiger partial charge in [-0.3, -0.25) is 9.69 Å². The van der Waals surface area contributed by atoms with E-state index in [1.807, 2.05) is 16.5 Å². The molecule has 3 heterocycles. The normalized spacial score (nSPS) is 18.0. The summed E-state index contributed by atoms with van der Waals surface area (Å²) in [6, 6.07) is 6.38. The van der Waals surface area contributed by atoms with E-state index in [0.29, 0.717) is 5.69 Å². The molecule has 1 saturated heterocycles. The van der Waals surface area contributed by atoms with Crippen LogP contribution in [0.2, 0.25) is 0 Å². The van der Waals surface area contributed by atoms with Gasteiger partial charge in [0.2, 0.25) is 0 Å². The Hall–Kier alpha value is -2.21. The lowest BCUT2D eigenvalue weighted by Crippen LogP contribution is -2.36. The largest absolute Gasteiger partial charge is 0.337 e. The highest BCUT2D eigenvalue weighted by atomic mass is 16.2. The molecule has 0 spiro atoms. The quantitative estimate of drug-likeness (QED) is 0.851. The maximum atomic E-state index is 12.8. The van der Waals surface area contributed by atoms with Crippen molar-refractivity contribution in [2.45, 2.75) is 46.1 Å². The lowest BCUT2D eigenvalue weighted by molar-refractivity contribution is 0.0717. The van der Waals surface area contributed by atoms with Crippen LogP contribution in [0.25, 0.3) is 5.69 Å². The van der Waals surface area contributed by atoms with E-state index < -0.39 is 0 Å². The molecule has 1 amide bonds. The number of aromatic nitrogens is 3. The van der Waals surface area contributed by atoms with E-state index in [4.69, 9.17) is 0 Å². The number of benzene rings is 1. The van der Waals surface area contributed by atoms with E-state index >= 15 is 0 Å². The predicted octanol–water partition coefficient (Wildman–Crippen LogP) is 2.58. The number of carbonyl (C=O) groups excluding carboxylic acids is 1. The Bertz CT molecular complexity index is 807. The minimum absolute atomic E-state index is 0.0235. The Balaban J connectivity index is 1.66. The zero-order chi connectivity index (χ0) is 18.1. The Morgan fingerprint density at radius 3 is 2.73 bits per heavy atom. The number of amides is 1. The monoisotopic (exact) mass is 353 g/mol. The van der Waals surface area contributed by atoms with E-state index in [1.54, 1.807) is 0 Å². The predicted molar refractivity (Wildman–Crippen MR) is 101 cm³/mol. The number of fused-ring (bicyclic) bond motifs is 1. The standard InChI is InChI=1S/C20H27N5O/c1-3-23-13-10-17-16(14-23)8-7-9-18(17)25-15(2)19(21-22-25)20(26)24-11-5-4-6-12-24/h7-9H,3-6,10-14H2,1-2H3. The van der Waals surface area contributed by atoms with E-state index in [-0.39, 0.29) is 5.91 Å². The van der Waals surface area contributed by atoms with Crippen LogP contribution in [0.4, 0.5) is 0 Å². The minimum Gasteiger partial charge on any atom is -0.337 e. The van der Waals surface area contributed by atoms with Crippen LogP contribution in [-0.4, -0.2) is 56.9 Å². The molecule has 2 aromatic rings. The first kappa shape index (κ1) is 17.2. The highest BCUT2D eigenvalue weighted by Crippen LogP contribution is 2.26. The van der Waals surface area contributed by atoms with Crippen LogP contribution in [0, 0.1) is 6.92 Å². The molecular formula is C20H27N5O. The molecule has 138 valence electrons. The summed E-state index contributed by atoms with van der Waals surface area (Å²) in [5.41, 5.74) is 5.10. The number of nitrogens with zero attached hydrogens (tertiary/aromatic N) is 5. The van der Waals surface area contributed by atoms with Crippen molar-refractivity contribution >= 4 is 5.91 Å². The van der Waals surface area contributed by atoms with Gasteiger partial charge in [0, 0.05) is 26.2 Å². The second-order valence-corrected chi connectivity index (χ2v) is 7.32. The average Bonchev–Trinajstić information content (AvgIpc) is 3.08. The molecule has 0 atom stereocenters. The number of hydrogen-bond acceptors (Lipinski definition) is 4. The van der Waals surface area contributed by atoms with Crippen molar-refractivity contribution in [2.75, 3.05) is 26.2 Å². The summed E-state index contributed by atoms with van der Waals surface area (Å²) in [6.07, 6.45) is 4.38. The van der Waals surface area contributed by atoms with Crippen molar-refractivity contribution in [1.82, 2.24) is 24.8 Å². The number of likely N-dealkylation sites (N-methyl/N-ethyl adjacent to an activating group) is 1. The first-order valence-corrected chi connectivity index (χ1v) is 9.74. The molecule has 6 nitrogen and oxygen atoms in total. The molecule has 1 aromatic heterocycles. The number of hydrogen-bond donors (Lipinski definition) is 0. The van der Waals surface area contributed by atoms with E-state index in [2.05, 4.69) is 40.3 Å². The van der Waals surface area contributed by atoms with Crippen molar-refractivity contribution in [3.63, 3.8) is 0 Å². The van der Waals surface area contributed by atoms with Gasteiger partial charge >= 0.3 is 0 Å². The molecule has 2 aliphatic heterocycles. The smallest absolute Gasteiger partial charge is 0.276 e. The van der Waals surface area contributed by atoms with Gasteiger partial charge in [0.1, 0.15) is 0 Å². The summed E-state index contributed by atoms with van der Waals surface area (Å²) in [5, 5.41) is 8.61. The molecule has 4 rings (SSSR count). The average molecular weight is 353 g/mol. The van der Waals surface area contributed by atoms with Gasteiger partial charge in [0.15, 0.2) is 5.69 Å². The van der Waals surface area contributed by atoms with Crippen LogP contribution in [-0.2, 0) is 13.0 Å². The Kier molecular flexibility index (Phi) is 4.76. The van der Waals surface area contributed by atoms with E-state index in [9.17, 15) is 4.79 Å². The fourth-order valence-corrected chi connectivity index (χ4v) is 4.12. The molecule has 0 unspecified atom stereocenters. The maximum Gasteiger partial charge on any atom is 0.276 e. The van der Waals surface area contributed by atoms with Crippen LogP contribution in [0.5, 0.6) is 0 Å². The van der Waals surface area contributed by atoms with Gasteiger partial charge in [-0.25, -0.2) is 4.68 Å². The maximum absolute atomic E-state index is 12.8. The third-order valence-electron chi connectivity index (χ3n) is 5.74. The topological polar surface area (TPSA) is 54.3 Å². The van der Waals surface area contributed by atoms with Crippen LogP contribution < -0.4 is 0 Å². The van der Waals surface area contributed by atoms with Gasteiger partial charge in [-0.15, -0.1) is 5.10 Å². The van der Waals surface area contributed by atoms with Gasteiger partial charge in [-0.1, -0.05) is 24.3 Å². The van der Waals surface area contributed by atoms with Crippen molar-refractivity contribution in [3.8, 4) is 5.69 Å². The second kappa shape index (κ2) is 7.19. The summed E-state index contributed by atoms with van der Waals surface area (Å²) < 4.78 is 1.86. The third kappa shape index (κ3) is 3.03. The highest BCUT2D eigenvalue weighted by molar-refractivity contribution is 5.93. The van der Waals surface area contributed by atoms with Crippen LogP contribution in [0.1, 0.15) is 53.5 Å². The second-order valence-electron chi connectivity index (χ2n) is 7.32. The SMILES string of the molecule is CCN1CCc2c(cccc2-n2nnc(C(=O)N3CCCCC3)c2C)C1. The molecule has 2 aliphatic rings. The number of likely N-dealkylation sites (tertiary alicyclic amines) is 1. The summed E-state index contributed by atoms with van der Waals surface area (Å²) in [7, 11) is 0. The zero-order valence-electron chi connectivity index (χ0n) is 15.7. The van der Waals surface area contributed by atoms with E-state index in [0.717, 1.165) is 63.4 Å². The summed E-state index contributed by atoms with van der Waals surface area (Å²) in [5.74, 6) is 0.0235. The van der Waals surface area contributed by atoms with E-state index in [1.165, 1.54) is 17.5 Å². The van der Waals surface area contributed by atoms with Crippen molar-refractivity contribution < 1.29 is 4.79 Å². The zero-order valence-corrected chi connectivity index (χ0v) is 15.7. The molecule has 0 radical (unpaired) electrons. The van der Waals surface area contributed by atoms with Crippen LogP contribution in [0.15, 0.2) is 18.2 Å². The van der Waals surface area contributed by atoms with Gasteiger partial charge < -0.3 is 4.90 Å². The minimum atomic E-state index is 0.0235. The Morgan fingerprint density at radius 2 is 1.96 bits per heavy atom. The molecule has 26 heavy (non-hydrogen) atoms. The van der Waals surface area contributed by atoms with Gasteiger partial charge in [-0.2, -0.15) is 0 Å². The Morgan fingerprint density at radius 1 is 1.15 bits per heavy atom. The summed E-state index contributed by atoms with van der Waals surface area (Å²) >= 11 is 0. The van der Waals surface area contributed by atoms with Gasteiger partial charge in [0.05, 0.1) is 11.4 Å². The molecule has 1 fully saturated rings. The summed E-state index contributed by atoms with van der Waals surface area (Å²) in [4.78, 5) is 17.2. The molecular weight excluding hydrogens is 326 g/mol. The van der Waals surface area contributed by atoms with Crippen molar-refractivity contribution in [3.05, 3.63) is 40.7 Å². The van der Waals surface area contributed by atoms with Crippen LogP contribution >= 0.6 is 0 Å². The van der Waals surface area contributed by atoms with Crippen LogP contribution in [0.3, 0.4) is 0 Å². The van der Waals surface area contributed by atoms with Gasteiger partial charge in [-0.05, 0) is 56.3 Å². The first-order chi connectivity index (χ1) is 12.7. The molecule has 0 saturated carbocycles. The molecule has 0 aliphatic carbocycles. The van der Waals surface area contributed by atoms with Crippen molar-refractivity contribution in [1.29, 1.82) is 0 Å². The highest BCUT2D eigenvalue weighted by Gasteiger charge is 2.26. The summed E-state index contributed by atoms with van der Waals surface area (Å²) in [6.45, 7) is 8.94. The number of carbonyl (C=O) groups is 1. The number of piperidine rings is 1. The van der Waals surface area contributed by atoms with Gasteiger partial charge in [0.25, 0.3) is 5.91 Å². The lowest BCUT2D eigenvalue weighted by atomic mass is 9.97. The molecule has 1 aromatic carbocycles. The molecule has 0 bridgehead atoms. The molecule has 6 heteroatoms. The molecule has 0 N–H and O–H groups in total. The Labute approximate surface area is 154 Å². The fraction of sp³-hybridized carbons (Fsp3) is 0.550. The third-order valence-corrected chi connectivity index (χ3v) is 5.74. The van der Waals surface area contributed by atoms with Crippen molar-refractivity contribution in [2.24, 2.45) is 0 Å². The fourth-order valence-electron chi connectivity index (χ4n) is 4.12.